The van der Waals surface area contributed by atoms with Crippen LogP contribution in [-0.4, -0.2) is 21.9 Å². The summed E-state index contributed by atoms with van der Waals surface area (Å²) in [7, 11) is 0. The summed E-state index contributed by atoms with van der Waals surface area (Å²) in [6.45, 7) is 0. The number of hydrogen-bond donors (Lipinski definition) is 2. The Kier molecular flexibility index (Phi) is 5.85. The van der Waals surface area contributed by atoms with E-state index in [0.717, 1.165) is 16.7 Å². The second-order valence-corrected chi connectivity index (χ2v) is 5.91. The molecule has 5 nitrogen and oxygen atoms in total. The van der Waals surface area contributed by atoms with Gasteiger partial charge in [-0.25, -0.2) is 0 Å². The molecule has 130 valence electrons. The third-order valence-corrected chi connectivity index (χ3v) is 3.84. The van der Waals surface area contributed by atoms with E-state index < -0.39 is 6.04 Å². The molecular formula is C21H20N4O. The van der Waals surface area contributed by atoms with Crippen LogP contribution in [0.2, 0.25) is 0 Å². The summed E-state index contributed by atoms with van der Waals surface area (Å²) in [5, 5.41) is 2.83. The summed E-state index contributed by atoms with van der Waals surface area (Å²) < 4.78 is 0. The molecule has 3 rings (SSSR count). The molecule has 0 aliphatic carbocycles. The van der Waals surface area contributed by atoms with Gasteiger partial charge in [0.2, 0.25) is 5.91 Å². The normalized spacial score (nSPS) is 12.0. The molecule has 2 aromatic heterocycles. The van der Waals surface area contributed by atoms with Gasteiger partial charge in [0.25, 0.3) is 0 Å². The maximum absolute atomic E-state index is 12.3. The Morgan fingerprint density at radius 1 is 1.00 bits per heavy atom. The van der Waals surface area contributed by atoms with Gasteiger partial charge in [0.15, 0.2) is 0 Å². The van der Waals surface area contributed by atoms with Gasteiger partial charge >= 0.3 is 0 Å². The molecule has 2 heterocycles. The Morgan fingerprint density at radius 2 is 1.73 bits per heavy atom. The Balaban J connectivity index is 1.62. The van der Waals surface area contributed by atoms with Crippen molar-refractivity contribution in [3.8, 4) is 0 Å². The number of hydrogen-bond acceptors (Lipinski definition) is 4. The van der Waals surface area contributed by atoms with Crippen LogP contribution in [0.4, 0.5) is 5.69 Å². The highest BCUT2D eigenvalue weighted by Crippen LogP contribution is 2.13. The molecule has 0 radical (unpaired) electrons. The van der Waals surface area contributed by atoms with Crippen LogP contribution in [0.5, 0.6) is 0 Å². The number of amides is 1. The van der Waals surface area contributed by atoms with Crippen LogP contribution < -0.4 is 11.1 Å². The van der Waals surface area contributed by atoms with Crippen LogP contribution in [0.25, 0.3) is 12.2 Å². The van der Waals surface area contributed by atoms with E-state index in [-0.39, 0.29) is 5.91 Å². The van der Waals surface area contributed by atoms with Crippen molar-refractivity contribution in [1.29, 1.82) is 0 Å². The van der Waals surface area contributed by atoms with E-state index in [0.29, 0.717) is 12.1 Å². The highest BCUT2D eigenvalue weighted by atomic mass is 16.2. The molecule has 0 spiro atoms. The molecular weight excluding hydrogens is 324 g/mol. The van der Waals surface area contributed by atoms with Gasteiger partial charge in [0.1, 0.15) is 0 Å². The lowest BCUT2D eigenvalue weighted by Gasteiger charge is -2.12. The van der Waals surface area contributed by atoms with Crippen molar-refractivity contribution in [2.45, 2.75) is 12.5 Å². The largest absolute Gasteiger partial charge is 0.323 e. The summed E-state index contributed by atoms with van der Waals surface area (Å²) in [5.74, 6) is -0.231. The monoisotopic (exact) mass is 344 g/mol. The lowest BCUT2D eigenvalue weighted by atomic mass is 10.1. The second kappa shape index (κ2) is 8.69. The first-order chi connectivity index (χ1) is 12.7. The number of rotatable bonds is 6. The van der Waals surface area contributed by atoms with Crippen LogP contribution in [0.1, 0.15) is 16.7 Å². The highest BCUT2D eigenvalue weighted by Gasteiger charge is 2.14. The van der Waals surface area contributed by atoms with Gasteiger partial charge in [-0.05, 0) is 41.3 Å². The molecule has 1 amide bonds. The molecule has 0 bridgehead atoms. The van der Waals surface area contributed by atoms with E-state index in [2.05, 4.69) is 15.3 Å². The number of pyridine rings is 2. The molecule has 3 N–H and O–H groups in total. The second-order valence-electron chi connectivity index (χ2n) is 5.91. The van der Waals surface area contributed by atoms with E-state index in [1.165, 1.54) is 0 Å². The summed E-state index contributed by atoms with van der Waals surface area (Å²) in [6.07, 6.45) is 11.2. The van der Waals surface area contributed by atoms with Crippen molar-refractivity contribution in [3.63, 3.8) is 0 Å². The van der Waals surface area contributed by atoms with Crippen molar-refractivity contribution in [1.82, 2.24) is 9.97 Å². The number of carbonyl (C=O) groups is 1. The number of carbonyl (C=O) groups excluding carboxylic acids is 1. The van der Waals surface area contributed by atoms with Crippen LogP contribution >= 0.6 is 0 Å². The quantitative estimate of drug-likeness (QED) is 0.720. The van der Waals surface area contributed by atoms with Gasteiger partial charge in [-0.15, -0.1) is 0 Å². The fourth-order valence-corrected chi connectivity index (χ4v) is 2.48. The van der Waals surface area contributed by atoms with E-state index in [9.17, 15) is 4.79 Å². The minimum Gasteiger partial charge on any atom is -0.323 e. The molecule has 0 aliphatic heterocycles. The summed E-state index contributed by atoms with van der Waals surface area (Å²) >= 11 is 0. The van der Waals surface area contributed by atoms with Gasteiger partial charge in [0.05, 0.1) is 17.9 Å². The lowest BCUT2D eigenvalue weighted by molar-refractivity contribution is -0.117. The fourth-order valence-electron chi connectivity index (χ4n) is 2.48. The average Bonchev–Trinajstić information content (AvgIpc) is 2.68. The van der Waals surface area contributed by atoms with E-state index in [1.54, 1.807) is 24.8 Å². The van der Waals surface area contributed by atoms with Gasteiger partial charge in [-0.3, -0.25) is 14.8 Å². The van der Waals surface area contributed by atoms with Gasteiger partial charge in [0, 0.05) is 18.6 Å². The Bertz CT molecular complexity index is 879. The Hall–Kier alpha value is -3.31. The number of nitrogens with two attached hydrogens (primary N) is 1. The van der Waals surface area contributed by atoms with Gasteiger partial charge < -0.3 is 11.1 Å². The minimum atomic E-state index is -0.617. The van der Waals surface area contributed by atoms with Crippen molar-refractivity contribution < 1.29 is 4.79 Å². The van der Waals surface area contributed by atoms with E-state index >= 15 is 0 Å². The summed E-state index contributed by atoms with van der Waals surface area (Å²) in [6, 6.07) is 14.8. The molecule has 0 fully saturated rings. The maximum atomic E-state index is 12.3. The van der Waals surface area contributed by atoms with Gasteiger partial charge in [-0.2, -0.15) is 0 Å². The molecule has 3 aromatic rings. The molecule has 0 aliphatic rings. The molecule has 1 aromatic carbocycles. The average molecular weight is 344 g/mol. The molecule has 26 heavy (non-hydrogen) atoms. The van der Waals surface area contributed by atoms with E-state index in [1.807, 2.05) is 60.7 Å². The topological polar surface area (TPSA) is 80.9 Å². The summed E-state index contributed by atoms with van der Waals surface area (Å²) in [5.41, 5.74) is 9.59. The van der Waals surface area contributed by atoms with Crippen LogP contribution in [0, 0.1) is 0 Å². The van der Waals surface area contributed by atoms with Crippen molar-refractivity contribution in [2.24, 2.45) is 5.73 Å². The molecule has 0 saturated heterocycles. The SMILES string of the molecule is N[C@@H](Cc1ccccc1)C(=O)Nc1cncc(C=Cc2ccncc2)c1. The first-order valence-electron chi connectivity index (χ1n) is 8.34. The van der Waals surface area contributed by atoms with Crippen molar-refractivity contribution in [2.75, 3.05) is 5.32 Å². The van der Waals surface area contributed by atoms with Crippen molar-refractivity contribution >= 4 is 23.7 Å². The minimum absolute atomic E-state index is 0.231. The standard InChI is InChI=1S/C21H20N4O/c22-20(13-17-4-2-1-3-5-17)21(26)25-19-12-18(14-24-15-19)7-6-16-8-10-23-11-9-16/h1-12,14-15,20H,13,22H2,(H,25,26)/t20-/m0/s1. The smallest absolute Gasteiger partial charge is 0.241 e. The third kappa shape index (κ3) is 5.09. The molecule has 1 atom stereocenters. The van der Waals surface area contributed by atoms with Crippen molar-refractivity contribution in [3.05, 3.63) is 90.0 Å². The molecule has 5 heteroatoms. The van der Waals surface area contributed by atoms with Crippen LogP contribution in [0.15, 0.2) is 73.3 Å². The first-order valence-corrected chi connectivity index (χ1v) is 8.34. The molecule has 0 saturated carbocycles. The first kappa shape index (κ1) is 17.5. The maximum Gasteiger partial charge on any atom is 0.241 e. The number of aromatic nitrogens is 2. The predicted octanol–water partition coefficient (Wildman–Crippen LogP) is 3.16. The zero-order valence-corrected chi connectivity index (χ0v) is 14.2. The number of anilines is 1. The zero-order valence-electron chi connectivity index (χ0n) is 14.2. The Labute approximate surface area is 152 Å². The third-order valence-electron chi connectivity index (χ3n) is 3.84. The lowest BCUT2D eigenvalue weighted by Crippen LogP contribution is -2.37. The number of nitrogens with zero attached hydrogens (tertiary/aromatic N) is 2. The summed E-state index contributed by atoms with van der Waals surface area (Å²) in [4.78, 5) is 20.5. The number of nitrogens with one attached hydrogen (secondary N) is 1. The zero-order chi connectivity index (χ0) is 18.2. The number of benzene rings is 1. The van der Waals surface area contributed by atoms with Gasteiger partial charge in [-0.1, -0.05) is 42.5 Å². The van der Waals surface area contributed by atoms with Crippen LogP contribution in [-0.2, 0) is 11.2 Å². The predicted molar refractivity (Wildman–Crippen MR) is 104 cm³/mol. The fraction of sp³-hybridized carbons (Fsp3) is 0.0952. The van der Waals surface area contributed by atoms with E-state index in [4.69, 9.17) is 5.73 Å². The molecule has 0 unspecified atom stereocenters. The Morgan fingerprint density at radius 3 is 2.50 bits per heavy atom. The highest BCUT2D eigenvalue weighted by molar-refractivity contribution is 5.95. The van der Waals surface area contributed by atoms with Crippen LogP contribution in [0.3, 0.4) is 0 Å².